The molecule has 0 aliphatic carbocycles. The van der Waals surface area contributed by atoms with Crippen molar-refractivity contribution in [2.45, 2.75) is 41.6 Å². The minimum Gasteiger partial charge on any atom is -0.496 e. The molecule has 0 bridgehead atoms. The van der Waals surface area contributed by atoms with E-state index >= 15 is 0 Å². The molecule has 0 unspecified atom stereocenters. The smallest absolute Gasteiger partial charge is 0.407 e. The average molecular weight is 741 g/mol. The molecule has 5 N–H and O–H groups in total. The Morgan fingerprint density at radius 2 is 1.20 bits per heavy atom. The molecule has 2 aliphatic rings. The maximum Gasteiger partial charge on any atom is 0.407 e. The standard InChI is InChI=1S/C19H22N2O6S.C16H18N2O4S/c1-3-26-19(22)20-14-11-15-16(25-2)9-10-17(18(15)27-12-14)28(23,24)21-13-7-5-4-6-8-13;1-21-14-7-8-15(16-13(14)9-11(17)10-22-16)23(19,20)18-12-5-3-2-4-6-12/h4-10,14,21H,3,11-12H2,1-2H3,(H,20,22);2-8,11,18H,9-10,17H2,1H3/t14-;11-/m11/s1. The Labute approximate surface area is 297 Å². The fraction of sp³-hybridized carbons (Fsp3) is 0.286. The van der Waals surface area contributed by atoms with Crippen LogP contribution in [0.2, 0.25) is 0 Å². The van der Waals surface area contributed by atoms with E-state index in [2.05, 4.69) is 14.8 Å². The van der Waals surface area contributed by atoms with Gasteiger partial charge in [-0.3, -0.25) is 9.44 Å². The Bertz CT molecular complexity index is 2050. The van der Waals surface area contributed by atoms with Crippen LogP contribution in [0.3, 0.4) is 0 Å². The molecule has 2 atom stereocenters. The maximum atomic E-state index is 12.9. The van der Waals surface area contributed by atoms with E-state index in [0.29, 0.717) is 52.6 Å². The highest BCUT2D eigenvalue weighted by atomic mass is 32.2. The van der Waals surface area contributed by atoms with Crippen LogP contribution in [0.25, 0.3) is 0 Å². The summed E-state index contributed by atoms with van der Waals surface area (Å²) in [7, 11) is -4.61. The summed E-state index contributed by atoms with van der Waals surface area (Å²) in [6.45, 7) is 2.36. The molecule has 0 spiro atoms. The molecule has 1 amide bonds. The molecule has 51 heavy (non-hydrogen) atoms. The van der Waals surface area contributed by atoms with Crippen molar-refractivity contribution in [3.63, 3.8) is 0 Å². The molecule has 0 radical (unpaired) electrons. The zero-order chi connectivity index (χ0) is 36.6. The number of amides is 1. The third kappa shape index (κ3) is 8.95. The predicted molar refractivity (Wildman–Crippen MR) is 191 cm³/mol. The Morgan fingerprint density at radius 3 is 1.67 bits per heavy atom. The molecule has 6 rings (SSSR count). The number of carbonyl (C=O) groups is 1. The first-order valence-electron chi connectivity index (χ1n) is 16.0. The number of benzene rings is 4. The van der Waals surface area contributed by atoms with Crippen molar-refractivity contribution >= 4 is 37.5 Å². The van der Waals surface area contributed by atoms with Gasteiger partial charge in [-0.1, -0.05) is 36.4 Å². The van der Waals surface area contributed by atoms with Gasteiger partial charge in [0.2, 0.25) is 0 Å². The number of ether oxygens (including phenoxy) is 5. The number of fused-ring (bicyclic) bond motifs is 2. The molecule has 4 aromatic carbocycles. The van der Waals surface area contributed by atoms with Crippen LogP contribution in [0.4, 0.5) is 16.2 Å². The zero-order valence-corrected chi connectivity index (χ0v) is 29.9. The monoisotopic (exact) mass is 740 g/mol. The number of para-hydroxylation sites is 2. The number of sulfonamides is 2. The lowest BCUT2D eigenvalue weighted by Gasteiger charge is -2.28. The van der Waals surface area contributed by atoms with E-state index in [0.717, 1.165) is 0 Å². The fourth-order valence-electron chi connectivity index (χ4n) is 5.55. The van der Waals surface area contributed by atoms with E-state index in [1.54, 1.807) is 73.7 Å². The van der Waals surface area contributed by atoms with Crippen molar-refractivity contribution in [1.82, 2.24) is 5.32 Å². The second-order valence-corrected chi connectivity index (χ2v) is 14.7. The lowest BCUT2D eigenvalue weighted by molar-refractivity contribution is 0.139. The summed E-state index contributed by atoms with van der Waals surface area (Å²) in [5.41, 5.74) is 8.11. The van der Waals surface area contributed by atoms with E-state index < -0.39 is 26.1 Å². The summed E-state index contributed by atoms with van der Waals surface area (Å²) in [4.78, 5) is 11.8. The number of nitrogens with two attached hydrogens (primary N) is 1. The van der Waals surface area contributed by atoms with E-state index in [4.69, 9.17) is 29.4 Å². The van der Waals surface area contributed by atoms with Crippen LogP contribution < -0.4 is 39.4 Å². The SMILES string of the molecule is CCOC(=O)N[C@H]1COc2c(S(=O)(=O)Nc3ccccc3)ccc(OC)c2C1.COc1ccc(S(=O)(=O)Nc2ccccc2)c2c1C[C@@H](N)CO2. The van der Waals surface area contributed by atoms with Crippen molar-refractivity contribution in [2.75, 3.05) is 43.5 Å². The molecule has 0 fully saturated rings. The van der Waals surface area contributed by atoms with Crippen molar-refractivity contribution in [3.05, 3.63) is 96.1 Å². The summed E-state index contributed by atoms with van der Waals surface area (Å²) in [5.74, 6) is 1.61. The Hall–Kier alpha value is -5.19. The minimum absolute atomic E-state index is 0.0155. The maximum absolute atomic E-state index is 12.9. The first-order valence-corrected chi connectivity index (χ1v) is 18.9. The summed E-state index contributed by atoms with van der Waals surface area (Å²) < 4.78 is 83.2. The van der Waals surface area contributed by atoms with Gasteiger partial charge < -0.3 is 34.7 Å². The Kier molecular flexibility index (Phi) is 11.8. The molecule has 0 saturated heterocycles. The highest BCUT2D eigenvalue weighted by molar-refractivity contribution is 7.93. The third-order valence-corrected chi connectivity index (χ3v) is 10.6. The number of methoxy groups -OCH3 is 2. The summed E-state index contributed by atoms with van der Waals surface area (Å²) in [5, 5.41) is 2.70. The number of anilines is 2. The zero-order valence-electron chi connectivity index (χ0n) is 28.2. The molecule has 16 heteroatoms. The molecular formula is C35H40N4O10S2. The van der Waals surface area contributed by atoms with Crippen molar-refractivity contribution in [2.24, 2.45) is 5.73 Å². The Balaban J connectivity index is 0.000000201. The van der Waals surface area contributed by atoms with Crippen LogP contribution >= 0.6 is 0 Å². The number of carbonyl (C=O) groups excluding carboxylic acids is 1. The van der Waals surface area contributed by atoms with Crippen LogP contribution in [-0.4, -0.2) is 69.1 Å². The van der Waals surface area contributed by atoms with Crippen LogP contribution in [0, 0.1) is 0 Å². The summed E-state index contributed by atoms with van der Waals surface area (Å²) in [6.07, 6.45) is 0.312. The van der Waals surface area contributed by atoms with Gasteiger partial charge in [0.05, 0.1) is 26.9 Å². The predicted octanol–water partition coefficient (Wildman–Crippen LogP) is 4.30. The molecule has 14 nitrogen and oxygen atoms in total. The third-order valence-electron chi connectivity index (χ3n) is 7.82. The van der Waals surface area contributed by atoms with Gasteiger partial charge in [0, 0.05) is 35.0 Å². The highest BCUT2D eigenvalue weighted by Gasteiger charge is 2.32. The average Bonchev–Trinajstić information content (AvgIpc) is 3.11. The van der Waals surface area contributed by atoms with E-state index in [-0.39, 0.29) is 47.4 Å². The molecule has 272 valence electrons. The normalized spacial score (nSPS) is 16.3. The largest absolute Gasteiger partial charge is 0.496 e. The van der Waals surface area contributed by atoms with Crippen LogP contribution in [0.5, 0.6) is 23.0 Å². The molecule has 4 aromatic rings. The molecular weight excluding hydrogens is 701 g/mol. The van der Waals surface area contributed by atoms with Gasteiger partial charge in [-0.15, -0.1) is 0 Å². The first-order chi connectivity index (χ1) is 24.5. The van der Waals surface area contributed by atoms with E-state index in [9.17, 15) is 21.6 Å². The molecule has 2 aliphatic heterocycles. The number of hydrogen-bond donors (Lipinski definition) is 4. The van der Waals surface area contributed by atoms with Crippen molar-refractivity contribution in [1.29, 1.82) is 0 Å². The lowest BCUT2D eigenvalue weighted by atomic mass is 10.0. The van der Waals surface area contributed by atoms with Crippen LogP contribution in [-0.2, 0) is 37.6 Å². The quantitative estimate of drug-likeness (QED) is 0.181. The molecule has 0 saturated carbocycles. The second kappa shape index (κ2) is 16.2. The van der Waals surface area contributed by atoms with Gasteiger partial charge in [-0.25, -0.2) is 21.6 Å². The van der Waals surface area contributed by atoms with Gasteiger partial charge in [-0.2, -0.15) is 0 Å². The summed E-state index contributed by atoms with van der Waals surface area (Å²) in [6, 6.07) is 22.9. The van der Waals surface area contributed by atoms with Gasteiger partial charge in [0.1, 0.15) is 46.0 Å². The topological polar surface area (TPSA) is 194 Å². The summed E-state index contributed by atoms with van der Waals surface area (Å²) >= 11 is 0. The fourth-order valence-corrected chi connectivity index (χ4v) is 8.01. The van der Waals surface area contributed by atoms with Crippen LogP contribution in [0.1, 0.15) is 18.1 Å². The highest BCUT2D eigenvalue weighted by Crippen LogP contribution is 2.40. The first kappa shape index (κ1) is 37.1. The number of hydrogen-bond acceptors (Lipinski definition) is 11. The number of alkyl carbamates (subject to hydrolysis) is 1. The van der Waals surface area contributed by atoms with Gasteiger partial charge in [0.25, 0.3) is 20.0 Å². The van der Waals surface area contributed by atoms with Crippen LogP contribution in [0.15, 0.2) is 94.7 Å². The lowest BCUT2D eigenvalue weighted by Crippen LogP contribution is -2.43. The Morgan fingerprint density at radius 1 is 0.725 bits per heavy atom. The van der Waals surface area contributed by atoms with Crippen molar-refractivity contribution in [3.8, 4) is 23.0 Å². The van der Waals surface area contributed by atoms with Gasteiger partial charge >= 0.3 is 6.09 Å². The molecule has 0 aromatic heterocycles. The van der Waals surface area contributed by atoms with Gasteiger partial charge in [-0.05, 0) is 61.9 Å². The van der Waals surface area contributed by atoms with Gasteiger partial charge in [0.15, 0.2) is 0 Å². The van der Waals surface area contributed by atoms with E-state index in [1.807, 2.05) is 6.07 Å². The molecule has 2 heterocycles. The second-order valence-electron chi connectivity index (χ2n) is 11.4. The van der Waals surface area contributed by atoms with E-state index in [1.165, 1.54) is 26.4 Å². The van der Waals surface area contributed by atoms with Crippen molar-refractivity contribution < 1.29 is 45.3 Å². The number of nitrogens with one attached hydrogen (secondary N) is 3. The minimum atomic E-state index is -3.87. The number of rotatable bonds is 10.